The summed E-state index contributed by atoms with van der Waals surface area (Å²) >= 11 is 0. The van der Waals surface area contributed by atoms with Crippen molar-refractivity contribution < 1.29 is 18.7 Å². The van der Waals surface area contributed by atoms with Crippen LogP contribution in [0.3, 0.4) is 0 Å². The highest BCUT2D eigenvalue weighted by Gasteiger charge is 2.14. The number of aromatic nitrogens is 2. The molecule has 2 aromatic carbocycles. The quantitative estimate of drug-likeness (QED) is 0.601. The molecule has 0 aliphatic heterocycles. The molecule has 9 heteroatoms. The number of hydrogen-bond donors (Lipinski definition) is 2. The van der Waals surface area contributed by atoms with Gasteiger partial charge in [-0.1, -0.05) is 0 Å². The van der Waals surface area contributed by atoms with Crippen molar-refractivity contribution >= 4 is 23.2 Å². The first kappa shape index (κ1) is 21.8. The number of amides is 1. The smallest absolute Gasteiger partial charge is 0.255 e. The maximum atomic E-state index is 13.6. The molecule has 3 aromatic rings. The van der Waals surface area contributed by atoms with Gasteiger partial charge in [-0.2, -0.15) is 0 Å². The van der Waals surface area contributed by atoms with E-state index in [0.29, 0.717) is 34.1 Å². The van der Waals surface area contributed by atoms with Crippen LogP contribution >= 0.6 is 0 Å². The third kappa shape index (κ3) is 5.19. The van der Waals surface area contributed by atoms with Crippen LogP contribution in [-0.2, 0) is 11.3 Å². The van der Waals surface area contributed by atoms with Crippen LogP contribution in [0.25, 0.3) is 0 Å². The fourth-order valence-corrected chi connectivity index (χ4v) is 2.98. The minimum Gasteiger partial charge on any atom is -0.493 e. The Balaban J connectivity index is 1.84. The molecule has 0 radical (unpaired) electrons. The third-order valence-electron chi connectivity index (χ3n) is 4.52. The van der Waals surface area contributed by atoms with Crippen LogP contribution in [0.1, 0.15) is 11.3 Å². The van der Waals surface area contributed by atoms with Crippen molar-refractivity contribution in [3.8, 4) is 11.5 Å². The molecule has 8 nitrogen and oxygen atoms in total. The van der Waals surface area contributed by atoms with Gasteiger partial charge in [-0.15, -0.1) is 0 Å². The summed E-state index contributed by atoms with van der Waals surface area (Å²) in [5.41, 5.74) is 1.57. The molecular weight excluding hydrogens is 403 g/mol. The number of benzene rings is 2. The molecule has 0 spiro atoms. The number of aryl methyl sites for hydroxylation is 2. The summed E-state index contributed by atoms with van der Waals surface area (Å²) < 4.78 is 25.2. The number of anilines is 3. The van der Waals surface area contributed by atoms with Crippen LogP contribution < -0.4 is 25.7 Å². The highest BCUT2D eigenvalue weighted by atomic mass is 19.1. The van der Waals surface area contributed by atoms with Gasteiger partial charge in [0.1, 0.15) is 12.4 Å². The van der Waals surface area contributed by atoms with E-state index >= 15 is 0 Å². The highest BCUT2D eigenvalue weighted by molar-refractivity contribution is 5.91. The first-order chi connectivity index (χ1) is 14.8. The number of methoxy groups -OCH3 is 2. The third-order valence-corrected chi connectivity index (χ3v) is 4.52. The number of nitrogens with one attached hydrogen (secondary N) is 2. The van der Waals surface area contributed by atoms with Gasteiger partial charge in [-0.3, -0.25) is 14.2 Å². The molecule has 0 unspecified atom stereocenters. The second-order valence-electron chi connectivity index (χ2n) is 6.85. The Morgan fingerprint density at radius 3 is 2.42 bits per heavy atom. The molecule has 0 atom stereocenters. The lowest BCUT2D eigenvalue weighted by Crippen LogP contribution is -2.30. The van der Waals surface area contributed by atoms with Gasteiger partial charge in [0.15, 0.2) is 11.5 Å². The van der Waals surface area contributed by atoms with Crippen LogP contribution in [0.15, 0.2) is 47.3 Å². The van der Waals surface area contributed by atoms with Crippen molar-refractivity contribution in [2.45, 2.75) is 20.4 Å². The fourth-order valence-electron chi connectivity index (χ4n) is 2.98. The largest absolute Gasteiger partial charge is 0.493 e. The second kappa shape index (κ2) is 9.29. The van der Waals surface area contributed by atoms with E-state index in [1.807, 2.05) is 0 Å². The van der Waals surface area contributed by atoms with Crippen molar-refractivity contribution in [2.24, 2.45) is 0 Å². The fraction of sp³-hybridized carbons (Fsp3) is 0.227. The van der Waals surface area contributed by atoms with Crippen molar-refractivity contribution in [3.05, 3.63) is 69.9 Å². The molecule has 31 heavy (non-hydrogen) atoms. The summed E-state index contributed by atoms with van der Waals surface area (Å²) in [6, 6.07) is 10.7. The summed E-state index contributed by atoms with van der Waals surface area (Å²) in [5.74, 6) is 0.398. The van der Waals surface area contributed by atoms with Crippen molar-refractivity contribution in [1.29, 1.82) is 0 Å². The van der Waals surface area contributed by atoms with Crippen LogP contribution in [0.4, 0.5) is 21.7 Å². The highest BCUT2D eigenvalue weighted by Crippen LogP contribution is 2.29. The molecule has 0 aliphatic carbocycles. The number of hydrogen-bond acceptors (Lipinski definition) is 6. The van der Waals surface area contributed by atoms with E-state index in [1.54, 1.807) is 38.1 Å². The molecule has 0 saturated heterocycles. The summed E-state index contributed by atoms with van der Waals surface area (Å²) in [4.78, 5) is 29.5. The Labute approximate surface area is 178 Å². The number of carbonyl (C=O) groups excluding carboxylic acids is 1. The molecule has 0 saturated carbocycles. The van der Waals surface area contributed by atoms with Gasteiger partial charge in [0.05, 0.1) is 14.2 Å². The summed E-state index contributed by atoms with van der Waals surface area (Å²) in [6.45, 7) is 3.04. The Bertz CT molecular complexity index is 1180. The van der Waals surface area contributed by atoms with Gasteiger partial charge < -0.3 is 20.1 Å². The first-order valence-corrected chi connectivity index (χ1v) is 9.44. The Morgan fingerprint density at radius 1 is 1.03 bits per heavy atom. The van der Waals surface area contributed by atoms with E-state index in [9.17, 15) is 14.0 Å². The lowest BCUT2D eigenvalue weighted by molar-refractivity contribution is -0.116. The van der Waals surface area contributed by atoms with Crippen LogP contribution in [0.5, 0.6) is 11.5 Å². The average Bonchev–Trinajstić information content (AvgIpc) is 2.73. The lowest BCUT2D eigenvalue weighted by atomic mass is 10.2. The molecule has 0 aliphatic rings. The van der Waals surface area contributed by atoms with Gasteiger partial charge in [-0.05, 0) is 49.7 Å². The van der Waals surface area contributed by atoms with Gasteiger partial charge in [0.25, 0.3) is 5.56 Å². The lowest BCUT2D eigenvalue weighted by Gasteiger charge is -2.15. The average molecular weight is 426 g/mol. The summed E-state index contributed by atoms with van der Waals surface area (Å²) in [6.07, 6.45) is 0. The minimum atomic E-state index is -0.432. The molecule has 1 amide bonds. The van der Waals surface area contributed by atoms with E-state index in [4.69, 9.17) is 9.47 Å². The number of halogens is 1. The van der Waals surface area contributed by atoms with E-state index in [2.05, 4.69) is 15.6 Å². The number of nitrogens with zero attached hydrogens (tertiary/aromatic N) is 2. The predicted molar refractivity (Wildman–Crippen MR) is 116 cm³/mol. The van der Waals surface area contributed by atoms with E-state index in [0.717, 1.165) is 0 Å². The number of rotatable bonds is 7. The topological polar surface area (TPSA) is 94.5 Å². The Hall–Kier alpha value is -3.88. The normalized spacial score (nSPS) is 10.5. The second-order valence-corrected chi connectivity index (χ2v) is 6.85. The van der Waals surface area contributed by atoms with Gasteiger partial charge in [0.2, 0.25) is 11.9 Å². The molecule has 3 rings (SSSR count). The SMILES string of the molecule is COc1ccc(NC(=O)Cn2c(Nc3ccc(F)c(C)c3)nc(C)cc2=O)cc1OC. The van der Waals surface area contributed by atoms with Crippen molar-refractivity contribution in [2.75, 3.05) is 24.9 Å². The molecular formula is C22H23FN4O4. The Morgan fingerprint density at radius 2 is 1.74 bits per heavy atom. The molecule has 1 aromatic heterocycles. The van der Waals surface area contributed by atoms with E-state index < -0.39 is 11.5 Å². The number of ether oxygens (including phenoxy) is 2. The number of carbonyl (C=O) groups is 1. The van der Waals surface area contributed by atoms with Crippen LogP contribution in [0, 0.1) is 19.7 Å². The minimum absolute atomic E-state index is 0.179. The van der Waals surface area contributed by atoms with E-state index in [1.165, 1.54) is 37.0 Å². The summed E-state index contributed by atoms with van der Waals surface area (Å²) in [7, 11) is 3.01. The molecule has 0 bridgehead atoms. The molecule has 0 fully saturated rings. The molecule has 162 valence electrons. The maximum Gasteiger partial charge on any atom is 0.255 e. The van der Waals surface area contributed by atoms with Crippen LogP contribution in [0.2, 0.25) is 0 Å². The standard InChI is InChI=1S/C22H23FN4O4/c1-13-9-15(5-7-17(13)23)26-22-24-14(2)10-21(29)27(22)12-20(28)25-16-6-8-18(30-3)19(11-16)31-4/h5-11H,12H2,1-4H3,(H,24,26)(H,25,28). The van der Waals surface area contributed by atoms with Gasteiger partial charge in [-0.25, -0.2) is 9.37 Å². The molecule has 1 heterocycles. The Kier molecular flexibility index (Phi) is 6.54. The summed E-state index contributed by atoms with van der Waals surface area (Å²) in [5, 5.41) is 5.72. The zero-order valence-electron chi connectivity index (χ0n) is 17.7. The van der Waals surface area contributed by atoms with Crippen molar-refractivity contribution in [3.63, 3.8) is 0 Å². The predicted octanol–water partition coefficient (Wildman–Crippen LogP) is 3.40. The first-order valence-electron chi connectivity index (χ1n) is 9.44. The van der Waals surface area contributed by atoms with Crippen molar-refractivity contribution in [1.82, 2.24) is 9.55 Å². The van der Waals surface area contributed by atoms with Crippen LogP contribution in [-0.4, -0.2) is 29.7 Å². The zero-order chi connectivity index (χ0) is 22.5. The zero-order valence-corrected chi connectivity index (χ0v) is 17.7. The van der Waals surface area contributed by atoms with Gasteiger partial charge >= 0.3 is 0 Å². The van der Waals surface area contributed by atoms with E-state index in [-0.39, 0.29) is 18.3 Å². The monoisotopic (exact) mass is 426 g/mol. The van der Waals surface area contributed by atoms with Gasteiger partial charge in [0, 0.05) is 29.2 Å². The molecule has 2 N–H and O–H groups in total. The maximum absolute atomic E-state index is 13.6.